The van der Waals surface area contributed by atoms with E-state index in [4.69, 9.17) is 16.0 Å². The summed E-state index contributed by atoms with van der Waals surface area (Å²) < 4.78 is 5.25. The lowest BCUT2D eigenvalue weighted by Gasteiger charge is -1.99. The summed E-state index contributed by atoms with van der Waals surface area (Å²) in [6, 6.07) is 10.3. The number of furan rings is 1. The van der Waals surface area contributed by atoms with E-state index in [1.54, 1.807) is 43.3 Å². The Morgan fingerprint density at radius 3 is 2.53 bits per heavy atom. The first-order valence-electron chi connectivity index (χ1n) is 4.54. The van der Waals surface area contributed by atoms with Crippen molar-refractivity contribution in [3.63, 3.8) is 0 Å². The highest BCUT2D eigenvalue weighted by atomic mass is 35.5. The number of hydrogen-bond donors (Lipinski definition) is 0. The van der Waals surface area contributed by atoms with Gasteiger partial charge in [-0.05, 0) is 31.2 Å². The number of ketones is 1. The summed E-state index contributed by atoms with van der Waals surface area (Å²) in [5, 5.41) is 0.441. The van der Waals surface area contributed by atoms with Crippen molar-refractivity contribution in [1.29, 1.82) is 0 Å². The molecule has 0 aliphatic rings. The second-order valence-corrected chi connectivity index (χ2v) is 3.63. The monoisotopic (exact) mass is 220 g/mol. The summed E-state index contributed by atoms with van der Waals surface area (Å²) in [6.45, 7) is 1.80. The second-order valence-electron chi connectivity index (χ2n) is 3.22. The molecule has 0 atom stereocenters. The maximum atomic E-state index is 11.9. The molecule has 0 aliphatic carbocycles. The van der Waals surface area contributed by atoms with Crippen LogP contribution in [0.3, 0.4) is 0 Å². The summed E-state index contributed by atoms with van der Waals surface area (Å²) in [5.74, 6) is 0.847. The minimum absolute atomic E-state index is 0.186. The lowest BCUT2D eigenvalue weighted by atomic mass is 10.1. The number of carbonyl (C=O) groups is 1. The van der Waals surface area contributed by atoms with Gasteiger partial charge in [-0.3, -0.25) is 4.79 Å². The number of rotatable bonds is 2. The Balaban J connectivity index is 2.41. The van der Waals surface area contributed by atoms with Gasteiger partial charge in [0.25, 0.3) is 0 Å². The summed E-state index contributed by atoms with van der Waals surface area (Å²) in [7, 11) is 0. The van der Waals surface area contributed by atoms with Crippen LogP contribution in [0.1, 0.15) is 21.9 Å². The molecular formula is C12H9ClO2. The molecular weight excluding hydrogens is 212 g/mol. The molecule has 0 amide bonds. The van der Waals surface area contributed by atoms with Gasteiger partial charge in [0.05, 0.1) is 5.02 Å². The molecule has 0 fully saturated rings. The molecule has 3 heteroatoms. The zero-order chi connectivity index (χ0) is 10.8. The van der Waals surface area contributed by atoms with Crippen LogP contribution in [0.25, 0.3) is 0 Å². The van der Waals surface area contributed by atoms with E-state index in [1.165, 1.54) is 0 Å². The Bertz CT molecular complexity index is 500. The number of halogens is 1. The highest BCUT2D eigenvalue weighted by molar-refractivity contribution is 6.34. The predicted molar refractivity (Wildman–Crippen MR) is 58.3 cm³/mol. The second kappa shape index (κ2) is 3.91. The van der Waals surface area contributed by atoms with Crippen LogP contribution >= 0.6 is 11.6 Å². The van der Waals surface area contributed by atoms with E-state index in [1.807, 2.05) is 0 Å². The summed E-state index contributed by atoms with van der Waals surface area (Å²) in [5.41, 5.74) is 0.466. The predicted octanol–water partition coefficient (Wildman–Crippen LogP) is 3.47. The average molecular weight is 221 g/mol. The molecule has 2 nitrogen and oxygen atoms in total. The molecule has 0 saturated carbocycles. The molecule has 76 valence electrons. The lowest BCUT2D eigenvalue weighted by molar-refractivity contribution is 0.101. The maximum absolute atomic E-state index is 11.9. The largest absolute Gasteiger partial charge is 0.458 e. The topological polar surface area (TPSA) is 30.2 Å². The van der Waals surface area contributed by atoms with Crippen LogP contribution in [-0.4, -0.2) is 5.78 Å². The van der Waals surface area contributed by atoms with Crippen molar-refractivity contribution < 1.29 is 9.21 Å². The highest BCUT2D eigenvalue weighted by Crippen LogP contribution is 2.20. The Hall–Kier alpha value is -1.54. The van der Waals surface area contributed by atoms with Crippen LogP contribution in [0, 0.1) is 6.92 Å². The molecule has 0 bridgehead atoms. The van der Waals surface area contributed by atoms with Gasteiger partial charge >= 0.3 is 0 Å². The molecule has 1 heterocycles. The quantitative estimate of drug-likeness (QED) is 0.726. The minimum Gasteiger partial charge on any atom is -0.458 e. The molecule has 1 aromatic heterocycles. The lowest BCUT2D eigenvalue weighted by Crippen LogP contribution is -1.99. The molecule has 1 aromatic carbocycles. The Morgan fingerprint density at radius 2 is 1.93 bits per heavy atom. The third-order valence-corrected chi connectivity index (χ3v) is 2.41. The standard InChI is InChI=1S/C12H9ClO2/c1-8-6-7-11(15-8)12(14)9-4-2-3-5-10(9)13/h2-7H,1H3. The van der Waals surface area contributed by atoms with Crippen molar-refractivity contribution in [2.45, 2.75) is 6.92 Å². The molecule has 0 aliphatic heterocycles. The van der Waals surface area contributed by atoms with Crippen molar-refractivity contribution >= 4 is 17.4 Å². The van der Waals surface area contributed by atoms with Crippen molar-refractivity contribution in [3.8, 4) is 0 Å². The molecule has 0 spiro atoms. The minimum atomic E-state index is -0.186. The molecule has 0 N–H and O–H groups in total. The first-order chi connectivity index (χ1) is 7.18. The normalized spacial score (nSPS) is 10.3. The number of hydrogen-bond acceptors (Lipinski definition) is 2. The Labute approximate surface area is 92.5 Å². The smallest absolute Gasteiger partial charge is 0.229 e. The van der Waals surface area contributed by atoms with Crippen LogP contribution < -0.4 is 0 Å². The Morgan fingerprint density at radius 1 is 1.20 bits per heavy atom. The third-order valence-electron chi connectivity index (χ3n) is 2.08. The summed E-state index contributed by atoms with van der Waals surface area (Å²) in [4.78, 5) is 11.9. The summed E-state index contributed by atoms with van der Waals surface area (Å²) in [6.07, 6.45) is 0. The zero-order valence-electron chi connectivity index (χ0n) is 8.16. The van der Waals surface area contributed by atoms with E-state index in [0.717, 1.165) is 0 Å². The van der Waals surface area contributed by atoms with Gasteiger partial charge in [0.15, 0.2) is 5.76 Å². The third kappa shape index (κ3) is 1.95. The molecule has 2 aromatic rings. The van der Waals surface area contributed by atoms with Crippen LogP contribution in [0.15, 0.2) is 40.8 Å². The van der Waals surface area contributed by atoms with Gasteiger partial charge < -0.3 is 4.42 Å². The number of carbonyl (C=O) groups excluding carboxylic acids is 1. The van der Waals surface area contributed by atoms with Crippen LogP contribution in [0.2, 0.25) is 5.02 Å². The number of benzene rings is 1. The van der Waals surface area contributed by atoms with Gasteiger partial charge in [0.1, 0.15) is 5.76 Å². The number of aryl methyl sites for hydroxylation is 1. The van der Waals surface area contributed by atoms with Crippen molar-refractivity contribution in [2.75, 3.05) is 0 Å². The SMILES string of the molecule is Cc1ccc(C(=O)c2ccccc2Cl)o1. The molecule has 2 rings (SSSR count). The van der Waals surface area contributed by atoms with E-state index in [0.29, 0.717) is 22.1 Å². The van der Waals surface area contributed by atoms with Crippen molar-refractivity contribution in [3.05, 3.63) is 58.5 Å². The Kier molecular flexibility index (Phi) is 2.60. The molecule has 15 heavy (non-hydrogen) atoms. The van der Waals surface area contributed by atoms with E-state index >= 15 is 0 Å². The first kappa shape index (κ1) is 9.99. The van der Waals surface area contributed by atoms with Crippen molar-refractivity contribution in [1.82, 2.24) is 0 Å². The fourth-order valence-electron chi connectivity index (χ4n) is 1.33. The fourth-order valence-corrected chi connectivity index (χ4v) is 1.56. The van der Waals surface area contributed by atoms with Crippen LogP contribution in [-0.2, 0) is 0 Å². The molecule has 0 radical (unpaired) electrons. The van der Waals surface area contributed by atoms with Gasteiger partial charge in [-0.1, -0.05) is 23.7 Å². The van der Waals surface area contributed by atoms with Gasteiger partial charge in [-0.2, -0.15) is 0 Å². The van der Waals surface area contributed by atoms with Crippen LogP contribution in [0.5, 0.6) is 0 Å². The average Bonchev–Trinajstić information content (AvgIpc) is 2.65. The first-order valence-corrected chi connectivity index (χ1v) is 4.92. The van der Waals surface area contributed by atoms with Crippen molar-refractivity contribution in [2.24, 2.45) is 0 Å². The van der Waals surface area contributed by atoms with Gasteiger partial charge in [0, 0.05) is 5.56 Å². The van der Waals surface area contributed by atoms with E-state index in [-0.39, 0.29) is 5.78 Å². The van der Waals surface area contributed by atoms with Gasteiger partial charge in [0.2, 0.25) is 5.78 Å². The van der Waals surface area contributed by atoms with E-state index in [9.17, 15) is 4.79 Å². The van der Waals surface area contributed by atoms with Crippen LogP contribution in [0.4, 0.5) is 0 Å². The van der Waals surface area contributed by atoms with E-state index in [2.05, 4.69) is 0 Å². The summed E-state index contributed by atoms with van der Waals surface area (Å²) >= 11 is 5.91. The van der Waals surface area contributed by atoms with Gasteiger partial charge in [-0.25, -0.2) is 0 Å². The zero-order valence-corrected chi connectivity index (χ0v) is 8.91. The van der Waals surface area contributed by atoms with Gasteiger partial charge in [-0.15, -0.1) is 0 Å². The highest BCUT2D eigenvalue weighted by Gasteiger charge is 2.15. The maximum Gasteiger partial charge on any atom is 0.229 e. The molecule has 0 unspecified atom stereocenters. The van der Waals surface area contributed by atoms with E-state index < -0.39 is 0 Å². The molecule has 0 saturated heterocycles. The fraction of sp³-hybridized carbons (Fsp3) is 0.0833.